The number of imide groups is 1. The van der Waals surface area contributed by atoms with Gasteiger partial charge in [-0.05, 0) is 55.2 Å². The second-order valence-corrected chi connectivity index (χ2v) is 8.82. The van der Waals surface area contributed by atoms with Crippen molar-refractivity contribution in [3.05, 3.63) is 64.8 Å². The Morgan fingerprint density at radius 2 is 1.93 bits per heavy atom. The van der Waals surface area contributed by atoms with Crippen LogP contribution >= 0.6 is 11.8 Å². The summed E-state index contributed by atoms with van der Waals surface area (Å²) in [5.41, 5.74) is 3.00. The third-order valence-electron chi connectivity index (χ3n) is 5.55. The fraction of sp³-hybridized carbons (Fsp3) is 0.391. The predicted molar refractivity (Wildman–Crippen MR) is 116 cm³/mol. The van der Waals surface area contributed by atoms with E-state index in [1.807, 2.05) is 25.1 Å². The van der Waals surface area contributed by atoms with Crippen molar-refractivity contribution < 1.29 is 14.4 Å². The normalized spacial score (nSPS) is 18.3. The second-order valence-electron chi connectivity index (χ2n) is 7.89. The molecule has 0 radical (unpaired) electrons. The number of carbonyl (C=O) groups excluding carboxylic acids is 3. The van der Waals surface area contributed by atoms with Gasteiger partial charge < -0.3 is 0 Å². The lowest BCUT2D eigenvalue weighted by Crippen LogP contribution is -2.30. The summed E-state index contributed by atoms with van der Waals surface area (Å²) >= 11 is 1.01. The summed E-state index contributed by atoms with van der Waals surface area (Å²) in [6.07, 6.45) is 7.52. The summed E-state index contributed by atoms with van der Waals surface area (Å²) in [6.45, 7) is 2.18. The number of nitrogens with zero attached hydrogens (tertiary/aromatic N) is 3. The number of benzene rings is 1. The fourth-order valence-corrected chi connectivity index (χ4v) is 4.64. The number of aryl methyl sites for hydroxylation is 1. The largest absolute Gasteiger partial charge is 0.289 e. The third kappa shape index (κ3) is 4.56. The first-order valence-corrected chi connectivity index (χ1v) is 11.3. The van der Waals surface area contributed by atoms with Crippen LogP contribution in [-0.2, 0) is 11.3 Å². The summed E-state index contributed by atoms with van der Waals surface area (Å²) in [5, 5.41) is -0.238. The van der Waals surface area contributed by atoms with E-state index < -0.39 is 0 Å². The molecule has 30 heavy (non-hydrogen) atoms. The molecule has 2 aromatic rings. The fourth-order valence-electron chi connectivity index (χ4n) is 3.92. The molecule has 6 nitrogen and oxygen atoms in total. The Kier molecular flexibility index (Phi) is 6.18. The van der Waals surface area contributed by atoms with E-state index >= 15 is 0 Å². The molecule has 1 saturated carbocycles. The van der Waals surface area contributed by atoms with Gasteiger partial charge in [-0.1, -0.05) is 43.2 Å². The SMILES string of the molecule is Cc1ccn(C(=O)c2cccc(CN3C(=O)CSC3=O)c2)c(=NC2CCCCC2)c1. The van der Waals surface area contributed by atoms with E-state index in [9.17, 15) is 14.4 Å². The monoisotopic (exact) mass is 423 g/mol. The average molecular weight is 424 g/mol. The molecule has 7 heteroatoms. The summed E-state index contributed by atoms with van der Waals surface area (Å²) in [7, 11) is 0. The first kappa shape index (κ1) is 20.6. The van der Waals surface area contributed by atoms with Gasteiger partial charge in [0.2, 0.25) is 5.91 Å². The van der Waals surface area contributed by atoms with Crippen LogP contribution in [-0.4, -0.2) is 38.3 Å². The number of thioether (sulfide) groups is 1. The van der Waals surface area contributed by atoms with Crippen molar-refractivity contribution in [1.82, 2.24) is 9.47 Å². The van der Waals surface area contributed by atoms with Crippen LogP contribution in [0.15, 0.2) is 47.6 Å². The zero-order valence-electron chi connectivity index (χ0n) is 17.0. The van der Waals surface area contributed by atoms with Gasteiger partial charge in [-0.15, -0.1) is 0 Å². The Balaban J connectivity index is 1.63. The number of rotatable bonds is 4. The minimum atomic E-state index is -0.238. The Labute approximate surface area is 180 Å². The number of hydrogen-bond acceptors (Lipinski definition) is 5. The van der Waals surface area contributed by atoms with Crippen molar-refractivity contribution >= 4 is 28.8 Å². The average Bonchev–Trinajstić information content (AvgIpc) is 3.06. The van der Waals surface area contributed by atoms with Gasteiger partial charge in [0, 0.05) is 11.8 Å². The van der Waals surface area contributed by atoms with E-state index in [0.717, 1.165) is 35.7 Å². The highest BCUT2D eigenvalue weighted by atomic mass is 32.2. The van der Waals surface area contributed by atoms with Crippen molar-refractivity contribution in [2.45, 2.75) is 51.6 Å². The minimum absolute atomic E-state index is 0.167. The second kappa shape index (κ2) is 9.00. The van der Waals surface area contributed by atoms with Crippen LogP contribution in [0.1, 0.15) is 53.6 Å². The molecule has 2 heterocycles. The molecule has 0 N–H and O–H groups in total. The van der Waals surface area contributed by atoms with E-state index in [2.05, 4.69) is 0 Å². The summed E-state index contributed by atoms with van der Waals surface area (Å²) in [4.78, 5) is 43.2. The zero-order chi connectivity index (χ0) is 21.1. The maximum Gasteiger partial charge on any atom is 0.289 e. The van der Waals surface area contributed by atoms with Crippen molar-refractivity contribution in [3.8, 4) is 0 Å². The van der Waals surface area contributed by atoms with Gasteiger partial charge >= 0.3 is 0 Å². The molecule has 1 aliphatic carbocycles. The highest BCUT2D eigenvalue weighted by molar-refractivity contribution is 8.14. The van der Waals surface area contributed by atoms with Gasteiger partial charge in [-0.2, -0.15) is 0 Å². The van der Waals surface area contributed by atoms with Gasteiger partial charge in [-0.25, -0.2) is 0 Å². The molecule has 0 atom stereocenters. The van der Waals surface area contributed by atoms with Crippen LogP contribution in [0.25, 0.3) is 0 Å². The maximum atomic E-state index is 13.3. The van der Waals surface area contributed by atoms with Crippen LogP contribution in [0.4, 0.5) is 4.79 Å². The molecular weight excluding hydrogens is 398 g/mol. The van der Waals surface area contributed by atoms with E-state index in [-0.39, 0.29) is 35.4 Å². The number of aromatic nitrogens is 1. The predicted octanol–water partition coefficient (Wildman–Crippen LogP) is 3.91. The Morgan fingerprint density at radius 3 is 2.67 bits per heavy atom. The highest BCUT2D eigenvalue weighted by Crippen LogP contribution is 2.22. The maximum absolute atomic E-state index is 13.3. The summed E-state index contributed by atoms with van der Waals surface area (Å²) in [5.74, 6) is -0.175. The van der Waals surface area contributed by atoms with Crippen molar-refractivity contribution in [1.29, 1.82) is 0 Å². The quantitative estimate of drug-likeness (QED) is 0.747. The van der Waals surface area contributed by atoms with Gasteiger partial charge in [-0.3, -0.25) is 28.8 Å². The molecule has 1 aromatic heterocycles. The van der Waals surface area contributed by atoms with Gasteiger partial charge in [0.05, 0.1) is 18.3 Å². The number of pyridine rings is 1. The molecule has 4 rings (SSSR count). The lowest BCUT2D eigenvalue weighted by molar-refractivity contribution is -0.125. The number of carbonyl (C=O) groups is 3. The lowest BCUT2D eigenvalue weighted by Gasteiger charge is -2.18. The van der Waals surface area contributed by atoms with Crippen molar-refractivity contribution in [2.75, 3.05) is 5.75 Å². The van der Waals surface area contributed by atoms with Crippen LogP contribution in [0.3, 0.4) is 0 Å². The Morgan fingerprint density at radius 1 is 1.13 bits per heavy atom. The molecule has 1 aliphatic heterocycles. The molecule has 2 fully saturated rings. The van der Waals surface area contributed by atoms with Crippen LogP contribution < -0.4 is 5.49 Å². The molecule has 0 spiro atoms. The molecule has 2 amide bonds. The molecule has 1 saturated heterocycles. The van der Waals surface area contributed by atoms with Crippen molar-refractivity contribution in [2.24, 2.45) is 4.99 Å². The van der Waals surface area contributed by atoms with E-state index in [4.69, 9.17) is 4.99 Å². The number of hydrogen-bond donors (Lipinski definition) is 0. The topological polar surface area (TPSA) is 71.7 Å². The third-order valence-corrected chi connectivity index (χ3v) is 6.41. The van der Waals surface area contributed by atoms with Crippen molar-refractivity contribution in [3.63, 3.8) is 0 Å². The van der Waals surface area contributed by atoms with Crippen LogP contribution in [0, 0.1) is 6.92 Å². The van der Waals surface area contributed by atoms with Gasteiger partial charge in [0.25, 0.3) is 11.1 Å². The minimum Gasteiger partial charge on any atom is -0.273 e. The zero-order valence-corrected chi connectivity index (χ0v) is 17.9. The summed E-state index contributed by atoms with van der Waals surface area (Å²) < 4.78 is 1.60. The van der Waals surface area contributed by atoms with E-state index in [1.54, 1.807) is 29.0 Å². The lowest BCUT2D eigenvalue weighted by atomic mass is 9.96. The molecule has 0 bridgehead atoms. The van der Waals surface area contributed by atoms with Crippen LogP contribution in [0.2, 0.25) is 0 Å². The molecule has 156 valence electrons. The molecule has 2 aliphatic rings. The smallest absolute Gasteiger partial charge is 0.273 e. The van der Waals surface area contributed by atoms with E-state index in [1.165, 1.54) is 24.2 Å². The molecule has 0 unspecified atom stereocenters. The summed E-state index contributed by atoms with van der Waals surface area (Å²) in [6, 6.07) is 11.2. The van der Waals surface area contributed by atoms with Crippen LogP contribution in [0.5, 0.6) is 0 Å². The Bertz CT molecular complexity index is 1040. The first-order chi connectivity index (χ1) is 14.5. The first-order valence-electron chi connectivity index (χ1n) is 10.4. The highest BCUT2D eigenvalue weighted by Gasteiger charge is 2.29. The molecular formula is C23H25N3O3S. The van der Waals surface area contributed by atoms with Gasteiger partial charge in [0.15, 0.2) is 0 Å². The number of amides is 2. The Hall–Kier alpha value is -2.67. The van der Waals surface area contributed by atoms with Gasteiger partial charge in [0.1, 0.15) is 5.49 Å². The molecule has 1 aromatic carbocycles. The van der Waals surface area contributed by atoms with E-state index in [0.29, 0.717) is 11.1 Å². The standard InChI is InChI=1S/C23H25N3O3S/c1-16-10-11-25(20(12-16)24-19-8-3-2-4-9-19)22(28)18-7-5-6-17(13-18)14-26-21(27)15-30-23(26)29/h5-7,10-13,19H,2-4,8-9,14-15H2,1H3.